The molecule has 2 aliphatic rings. The molecule has 1 aliphatic carbocycles. The van der Waals surface area contributed by atoms with Gasteiger partial charge >= 0.3 is 0 Å². The molecule has 1 N–H and O–H groups in total. The fraction of sp³-hybridized carbons (Fsp3) is 0.556. The molecule has 1 aromatic rings. The van der Waals surface area contributed by atoms with Gasteiger partial charge in [-0.2, -0.15) is 0 Å². The first kappa shape index (κ1) is 17.8. The number of rotatable bonds is 3. The standard InChI is InChI=1S/C18H24BrN3OS/c1-22-16(17(23)21-15-11-7-6-10-14(15)19)12-24-18(22)20-13-8-4-2-3-5-9-13/h6-7,10-11,13,16H,2-5,8-9,12H2,1H3,(H,21,23). The van der Waals surface area contributed by atoms with Crippen LogP contribution in [0.4, 0.5) is 5.69 Å². The lowest BCUT2D eigenvalue weighted by Crippen LogP contribution is -2.40. The van der Waals surface area contributed by atoms with E-state index in [-0.39, 0.29) is 11.9 Å². The summed E-state index contributed by atoms with van der Waals surface area (Å²) in [5.74, 6) is 0.793. The number of carbonyl (C=O) groups is 1. The topological polar surface area (TPSA) is 44.7 Å². The fourth-order valence-electron chi connectivity index (χ4n) is 3.20. The van der Waals surface area contributed by atoms with Crippen molar-refractivity contribution in [1.29, 1.82) is 0 Å². The highest BCUT2D eigenvalue weighted by Crippen LogP contribution is 2.28. The number of thioether (sulfide) groups is 1. The Bertz CT molecular complexity index is 614. The minimum Gasteiger partial charge on any atom is -0.342 e. The van der Waals surface area contributed by atoms with E-state index in [4.69, 9.17) is 4.99 Å². The summed E-state index contributed by atoms with van der Waals surface area (Å²) in [6.45, 7) is 0. The number of anilines is 1. The number of hydrogen-bond donors (Lipinski definition) is 1. The highest BCUT2D eigenvalue weighted by Gasteiger charge is 2.33. The van der Waals surface area contributed by atoms with Gasteiger partial charge in [-0.15, -0.1) is 0 Å². The number of hydrogen-bond acceptors (Lipinski definition) is 3. The number of amidine groups is 1. The molecule has 130 valence electrons. The van der Waals surface area contributed by atoms with E-state index in [1.165, 1.54) is 38.5 Å². The summed E-state index contributed by atoms with van der Waals surface area (Å²) >= 11 is 5.18. The molecule has 0 bridgehead atoms. The van der Waals surface area contributed by atoms with E-state index in [1.54, 1.807) is 11.8 Å². The summed E-state index contributed by atoms with van der Waals surface area (Å²) in [7, 11) is 1.99. The van der Waals surface area contributed by atoms with Gasteiger partial charge in [0, 0.05) is 17.3 Å². The molecule has 1 aliphatic heterocycles. The third-order valence-electron chi connectivity index (χ3n) is 4.69. The maximum absolute atomic E-state index is 12.6. The van der Waals surface area contributed by atoms with Crippen LogP contribution >= 0.6 is 27.7 Å². The van der Waals surface area contributed by atoms with Crippen LogP contribution in [0.3, 0.4) is 0 Å². The van der Waals surface area contributed by atoms with Crippen molar-refractivity contribution in [2.45, 2.75) is 50.6 Å². The monoisotopic (exact) mass is 409 g/mol. The second-order valence-corrected chi connectivity index (χ2v) is 8.31. The molecule has 4 nitrogen and oxygen atoms in total. The Labute approximate surface area is 156 Å². The van der Waals surface area contributed by atoms with Gasteiger partial charge < -0.3 is 10.2 Å². The van der Waals surface area contributed by atoms with E-state index >= 15 is 0 Å². The number of halogens is 1. The van der Waals surface area contributed by atoms with Crippen LogP contribution in [0.15, 0.2) is 33.7 Å². The molecule has 6 heteroatoms. The van der Waals surface area contributed by atoms with Gasteiger partial charge in [0.1, 0.15) is 6.04 Å². The SMILES string of the molecule is CN1C(=NC2CCCCCC2)SCC1C(=O)Nc1ccccc1Br. The zero-order valence-electron chi connectivity index (χ0n) is 14.0. The lowest BCUT2D eigenvalue weighted by atomic mass is 10.1. The van der Waals surface area contributed by atoms with Crippen molar-refractivity contribution in [3.8, 4) is 0 Å². The van der Waals surface area contributed by atoms with E-state index < -0.39 is 0 Å². The normalized spacial score (nSPS) is 24.2. The summed E-state index contributed by atoms with van der Waals surface area (Å²) in [5.41, 5.74) is 0.815. The molecule has 1 aromatic carbocycles. The highest BCUT2D eigenvalue weighted by molar-refractivity contribution is 9.10. The van der Waals surface area contributed by atoms with E-state index in [0.717, 1.165) is 21.1 Å². The minimum absolute atomic E-state index is 0.0305. The molecule has 1 unspecified atom stereocenters. The summed E-state index contributed by atoms with van der Waals surface area (Å²) < 4.78 is 0.902. The van der Waals surface area contributed by atoms with Gasteiger partial charge in [-0.1, -0.05) is 49.6 Å². The van der Waals surface area contributed by atoms with Crippen LogP contribution in [0, 0.1) is 0 Å². The second kappa shape index (κ2) is 8.39. The highest BCUT2D eigenvalue weighted by atomic mass is 79.9. The van der Waals surface area contributed by atoms with E-state index in [2.05, 4.69) is 21.2 Å². The lowest BCUT2D eigenvalue weighted by Gasteiger charge is -2.21. The number of aliphatic imine (C=N–C) groups is 1. The van der Waals surface area contributed by atoms with Crippen molar-refractivity contribution < 1.29 is 4.79 Å². The number of benzene rings is 1. The molecule has 0 aromatic heterocycles. The van der Waals surface area contributed by atoms with Crippen LogP contribution in [0.25, 0.3) is 0 Å². The van der Waals surface area contributed by atoms with Crippen LogP contribution in [0.2, 0.25) is 0 Å². The fourth-order valence-corrected chi connectivity index (χ4v) is 4.82. The van der Waals surface area contributed by atoms with Gasteiger partial charge in [0.05, 0.1) is 11.7 Å². The van der Waals surface area contributed by atoms with Crippen molar-refractivity contribution >= 4 is 44.5 Å². The van der Waals surface area contributed by atoms with Crippen molar-refractivity contribution in [1.82, 2.24) is 4.90 Å². The van der Waals surface area contributed by atoms with Crippen LogP contribution < -0.4 is 5.32 Å². The molecule has 0 spiro atoms. The smallest absolute Gasteiger partial charge is 0.248 e. The van der Waals surface area contributed by atoms with Crippen molar-refractivity contribution in [3.63, 3.8) is 0 Å². The predicted molar refractivity (Wildman–Crippen MR) is 106 cm³/mol. The average molecular weight is 410 g/mol. The van der Waals surface area contributed by atoms with Crippen LogP contribution in [0.5, 0.6) is 0 Å². The Morgan fingerprint density at radius 3 is 2.67 bits per heavy atom. The molecule has 0 radical (unpaired) electrons. The first-order chi connectivity index (χ1) is 11.6. The van der Waals surface area contributed by atoms with Crippen LogP contribution in [0.1, 0.15) is 38.5 Å². The first-order valence-corrected chi connectivity index (χ1v) is 10.4. The molecule has 1 heterocycles. The van der Waals surface area contributed by atoms with Gasteiger partial charge in [-0.25, -0.2) is 0 Å². The maximum Gasteiger partial charge on any atom is 0.248 e. The summed E-state index contributed by atoms with van der Waals surface area (Å²) in [5, 5.41) is 4.04. The van der Waals surface area contributed by atoms with Gasteiger partial charge in [-0.05, 0) is 40.9 Å². The minimum atomic E-state index is -0.161. The molecule has 1 atom stereocenters. The van der Waals surface area contributed by atoms with Gasteiger partial charge in [0.2, 0.25) is 5.91 Å². The first-order valence-electron chi connectivity index (χ1n) is 8.64. The summed E-state index contributed by atoms with van der Waals surface area (Å²) in [4.78, 5) is 19.6. The van der Waals surface area contributed by atoms with Gasteiger partial charge in [0.15, 0.2) is 5.17 Å². The van der Waals surface area contributed by atoms with Crippen LogP contribution in [-0.4, -0.2) is 40.9 Å². The number of amides is 1. The molecular weight excluding hydrogens is 386 g/mol. The molecule has 1 saturated carbocycles. The molecule has 3 rings (SSSR count). The zero-order valence-corrected chi connectivity index (χ0v) is 16.4. The molecular formula is C18H24BrN3OS. The number of para-hydroxylation sites is 1. The van der Waals surface area contributed by atoms with Crippen molar-refractivity contribution in [3.05, 3.63) is 28.7 Å². The Kier molecular flexibility index (Phi) is 6.22. The zero-order chi connectivity index (χ0) is 16.9. The van der Waals surface area contributed by atoms with E-state index in [0.29, 0.717) is 6.04 Å². The number of nitrogens with zero attached hydrogens (tertiary/aromatic N) is 2. The van der Waals surface area contributed by atoms with Gasteiger partial charge in [0.25, 0.3) is 0 Å². The average Bonchev–Trinajstić information content (AvgIpc) is 2.77. The number of carbonyl (C=O) groups excluding carboxylic acids is 1. The van der Waals surface area contributed by atoms with E-state index in [1.807, 2.05) is 36.2 Å². The Morgan fingerprint density at radius 2 is 1.96 bits per heavy atom. The molecule has 1 saturated heterocycles. The quantitative estimate of drug-likeness (QED) is 0.746. The molecule has 1 amide bonds. The Morgan fingerprint density at radius 1 is 1.25 bits per heavy atom. The largest absolute Gasteiger partial charge is 0.342 e. The van der Waals surface area contributed by atoms with Crippen molar-refractivity contribution in [2.75, 3.05) is 18.1 Å². The second-order valence-electron chi connectivity index (χ2n) is 6.46. The summed E-state index contributed by atoms with van der Waals surface area (Å²) in [6, 6.07) is 7.97. The molecule has 2 fully saturated rings. The van der Waals surface area contributed by atoms with Gasteiger partial charge in [-0.3, -0.25) is 9.79 Å². The van der Waals surface area contributed by atoms with Crippen molar-refractivity contribution in [2.24, 2.45) is 4.99 Å². The third-order valence-corrected chi connectivity index (χ3v) is 6.52. The third kappa shape index (κ3) is 4.33. The summed E-state index contributed by atoms with van der Waals surface area (Å²) in [6.07, 6.45) is 7.60. The Balaban J connectivity index is 1.63. The number of likely N-dealkylation sites (N-methyl/N-ethyl adjacent to an activating group) is 1. The number of nitrogens with one attached hydrogen (secondary N) is 1. The lowest BCUT2D eigenvalue weighted by molar-refractivity contribution is -0.118. The maximum atomic E-state index is 12.6. The predicted octanol–water partition coefficient (Wildman–Crippen LogP) is 4.51. The Hall–Kier alpha value is -1.01. The molecule has 24 heavy (non-hydrogen) atoms. The van der Waals surface area contributed by atoms with E-state index in [9.17, 15) is 4.79 Å². The van der Waals surface area contributed by atoms with Crippen LogP contribution in [-0.2, 0) is 4.79 Å².